The number of halogens is 3. The number of hydrogen-bond acceptors (Lipinski definition) is 4. The van der Waals surface area contributed by atoms with Crippen LogP contribution in [0.3, 0.4) is 0 Å². The lowest BCUT2D eigenvalue weighted by atomic mass is 10.2. The Morgan fingerprint density at radius 1 is 1.13 bits per heavy atom. The van der Waals surface area contributed by atoms with Gasteiger partial charge in [-0.05, 0) is 30.0 Å². The van der Waals surface area contributed by atoms with Gasteiger partial charge in [-0.1, -0.05) is 30.4 Å². The maximum Gasteiger partial charge on any atom is 0.573 e. The average molecular weight is 346 g/mol. The maximum atomic E-state index is 12.0. The molecule has 0 bridgehead atoms. The topological polar surface area (TPSA) is 27.7 Å². The van der Waals surface area contributed by atoms with Crippen molar-refractivity contribution in [1.29, 1.82) is 0 Å². The van der Waals surface area contributed by atoms with E-state index in [1.165, 1.54) is 12.1 Å². The third kappa shape index (κ3) is 6.68. The predicted octanol–water partition coefficient (Wildman–Crippen LogP) is 4.26. The average Bonchev–Trinajstić information content (AvgIpc) is 2.52. The van der Waals surface area contributed by atoms with Gasteiger partial charge in [0.05, 0.1) is 18.5 Å². The Bertz CT molecular complexity index is 532. The van der Waals surface area contributed by atoms with Crippen LogP contribution in [0.2, 0.25) is 0 Å². The zero-order valence-electron chi connectivity index (χ0n) is 12.5. The Morgan fingerprint density at radius 3 is 2.35 bits per heavy atom. The molecule has 2 rings (SSSR count). The molecule has 126 valence electrons. The van der Waals surface area contributed by atoms with E-state index in [0.717, 1.165) is 5.56 Å². The smallest absolute Gasteiger partial charge is 0.406 e. The molecule has 1 aromatic rings. The first kappa shape index (κ1) is 17.9. The molecule has 7 heteroatoms. The van der Waals surface area contributed by atoms with Gasteiger partial charge < -0.3 is 14.2 Å². The van der Waals surface area contributed by atoms with Crippen LogP contribution < -0.4 is 4.74 Å². The molecule has 0 atom stereocenters. The van der Waals surface area contributed by atoms with Crippen molar-refractivity contribution < 1.29 is 27.4 Å². The normalized spacial score (nSPS) is 22.8. The molecule has 0 N–H and O–H groups in total. The second-order valence-electron chi connectivity index (χ2n) is 4.75. The largest absolute Gasteiger partial charge is 0.573 e. The predicted molar refractivity (Wildman–Crippen MR) is 84.3 cm³/mol. The Kier molecular flexibility index (Phi) is 6.56. The number of thioether (sulfide) groups is 1. The highest BCUT2D eigenvalue weighted by molar-refractivity contribution is 7.99. The number of rotatable bonds is 5. The summed E-state index contributed by atoms with van der Waals surface area (Å²) in [6.07, 6.45) is 4.09. The maximum absolute atomic E-state index is 12.0. The first-order valence-corrected chi connectivity index (χ1v) is 8.22. The van der Waals surface area contributed by atoms with Crippen molar-refractivity contribution in [3.8, 4) is 5.75 Å². The molecular weight excluding hydrogens is 329 g/mol. The first-order chi connectivity index (χ1) is 11.0. The lowest BCUT2D eigenvalue weighted by Gasteiger charge is -2.26. The Morgan fingerprint density at radius 2 is 1.78 bits per heavy atom. The van der Waals surface area contributed by atoms with E-state index in [9.17, 15) is 13.2 Å². The highest BCUT2D eigenvalue weighted by Crippen LogP contribution is 2.23. The summed E-state index contributed by atoms with van der Waals surface area (Å²) in [5, 5.41) is 0.368. The molecule has 1 heterocycles. The third-order valence-corrected chi connectivity index (χ3v) is 3.95. The van der Waals surface area contributed by atoms with E-state index in [2.05, 4.69) is 4.74 Å². The lowest BCUT2D eigenvalue weighted by Crippen LogP contribution is -2.32. The van der Waals surface area contributed by atoms with E-state index in [0.29, 0.717) is 18.5 Å². The molecule has 0 aromatic heterocycles. The molecule has 0 aliphatic carbocycles. The number of hydrogen-bond donors (Lipinski definition) is 0. The molecule has 0 spiro atoms. The number of ether oxygens (including phenoxy) is 3. The van der Waals surface area contributed by atoms with Gasteiger partial charge in [-0.15, -0.1) is 13.2 Å². The Hall–Kier alpha value is -1.44. The van der Waals surface area contributed by atoms with E-state index < -0.39 is 6.36 Å². The van der Waals surface area contributed by atoms with Crippen LogP contribution in [0.1, 0.15) is 5.56 Å². The van der Waals surface area contributed by atoms with Crippen molar-refractivity contribution >= 4 is 17.8 Å². The fraction of sp³-hybridized carbons (Fsp3) is 0.375. The summed E-state index contributed by atoms with van der Waals surface area (Å²) in [5.41, 5.74) is 0.761. The molecule has 0 saturated carbocycles. The number of allylic oxidation sites excluding steroid dienone is 2. The summed E-state index contributed by atoms with van der Waals surface area (Å²) in [7, 11) is 0. The van der Waals surface area contributed by atoms with Crippen molar-refractivity contribution in [2.24, 2.45) is 0 Å². The molecule has 3 nitrogen and oxygen atoms in total. The fourth-order valence-corrected chi connectivity index (χ4v) is 2.28. The molecular formula is C16H17F3O3S. The van der Waals surface area contributed by atoms with Crippen molar-refractivity contribution in [2.45, 2.75) is 17.9 Å². The van der Waals surface area contributed by atoms with E-state index >= 15 is 0 Å². The van der Waals surface area contributed by atoms with Crippen LogP contribution in [-0.4, -0.2) is 37.4 Å². The fourth-order valence-electron chi connectivity index (χ4n) is 1.85. The second-order valence-corrected chi connectivity index (χ2v) is 5.89. The molecule has 0 radical (unpaired) electrons. The zero-order valence-corrected chi connectivity index (χ0v) is 13.3. The molecule has 1 aliphatic rings. The van der Waals surface area contributed by atoms with Crippen molar-refractivity contribution in [3.63, 3.8) is 0 Å². The van der Waals surface area contributed by atoms with Crippen LogP contribution in [0.5, 0.6) is 5.75 Å². The quantitative estimate of drug-likeness (QED) is 0.745. The molecule has 23 heavy (non-hydrogen) atoms. The van der Waals surface area contributed by atoms with E-state index in [1.807, 2.05) is 6.26 Å². The molecule has 1 aliphatic heterocycles. The highest BCUT2D eigenvalue weighted by atomic mass is 32.2. The van der Waals surface area contributed by atoms with Crippen LogP contribution in [0.15, 0.2) is 42.5 Å². The Balaban J connectivity index is 1.80. The highest BCUT2D eigenvalue weighted by Gasteiger charge is 2.30. The minimum absolute atomic E-state index is 0.238. The zero-order chi connectivity index (χ0) is 16.7. The van der Waals surface area contributed by atoms with Gasteiger partial charge in [0.2, 0.25) is 0 Å². The standard InChI is InChI=1S/C16H17F3O3S/c1-23-14-10-20-15(21-11-14)5-3-2-4-12-6-8-13(9-7-12)22-16(17,18)19/h2-9,14-15H,10-11H2,1H3/b4-2+,5-3+. The summed E-state index contributed by atoms with van der Waals surface area (Å²) >= 11 is 1.71. The van der Waals surface area contributed by atoms with Crippen LogP contribution in [0, 0.1) is 0 Å². The lowest BCUT2D eigenvalue weighted by molar-refractivity contribution is -0.274. The molecule has 1 saturated heterocycles. The van der Waals surface area contributed by atoms with Gasteiger partial charge in [-0.25, -0.2) is 0 Å². The summed E-state index contributed by atoms with van der Waals surface area (Å²) < 4.78 is 51.0. The Labute approximate surface area is 137 Å². The van der Waals surface area contributed by atoms with Crippen LogP contribution >= 0.6 is 11.8 Å². The summed E-state index contributed by atoms with van der Waals surface area (Å²) in [6, 6.07) is 5.63. The summed E-state index contributed by atoms with van der Waals surface area (Å²) in [6.45, 7) is 1.31. The van der Waals surface area contributed by atoms with Gasteiger partial charge in [0.15, 0.2) is 6.29 Å². The summed E-state index contributed by atoms with van der Waals surface area (Å²) in [5.74, 6) is -0.238. The number of benzene rings is 1. The van der Waals surface area contributed by atoms with Crippen molar-refractivity contribution in [2.75, 3.05) is 19.5 Å². The summed E-state index contributed by atoms with van der Waals surface area (Å²) in [4.78, 5) is 0. The minimum Gasteiger partial charge on any atom is -0.406 e. The van der Waals surface area contributed by atoms with Gasteiger partial charge in [0.1, 0.15) is 5.75 Å². The SMILES string of the molecule is CSC1COC(/C=C/C=C/c2ccc(OC(F)(F)F)cc2)OC1. The first-order valence-electron chi connectivity index (χ1n) is 6.93. The second kappa shape index (κ2) is 8.42. The minimum atomic E-state index is -4.67. The van der Waals surface area contributed by atoms with Crippen LogP contribution in [0.25, 0.3) is 6.08 Å². The number of alkyl halides is 3. The molecule has 0 unspecified atom stereocenters. The van der Waals surface area contributed by atoms with Crippen molar-refractivity contribution in [1.82, 2.24) is 0 Å². The van der Waals surface area contributed by atoms with Gasteiger partial charge in [-0.2, -0.15) is 11.8 Å². The van der Waals surface area contributed by atoms with E-state index in [-0.39, 0.29) is 12.0 Å². The third-order valence-electron chi connectivity index (χ3n) is 3.01. The molecule has 1 fully saturated rings. The van der Waals surface area contributed by atoms with Crippen LogP contribution in [-0.2, 0) is 9.47 Å². The monoisotopic (exact) mass is 346 g/mol. The van der Waals surface area contributed by atoms with Gasteiger partial charge in [0, 0.05) is 0 Å². The van der Waals surface area contributed by atoms with Gasteiger partial charge >= 0.3 is 6.36 Å². The van der Waals surface area contributed by atoms with Crippen LogP contribution in [0.4, 0.5) is 13.2 Å². The van der Waals surface area contributed by atoms with Gasteiger partial charge in [-0.3, -0.25) is 0 Å². The van der Waals surface area contributed by atoms with Gasteiger partial charge in [0.25, 0.3) is 0 Å². The molecule has 0 amide bonds. The van der Waals surface area contributed by atoms with E-state index in [4.69, 9.17) is 9.47 Å². The van der Waals surface area contributed by atoms with E-state index in [1.54, 1.807) is 48.2 Å². The van der Waals surface area contributed by atoms with Crippen molar-refractivity contribution in [3.05, 3.63) is 48.1 Å². The molecule has 1 aromatic carbocycles.